The number of rotatable bonds is 2. The standard InChI is InChI=1S/C10H17N3O/c1-7(2)13(4)10(14)9-5-8(11)6-12(9)3/h5-7H,11H2,1-4H3. The van der Waals surface area contributed by atoms with Crippen LogP contribution in [0.4, 0.5) is 5.69 Å². The van der Waals surface area contributed by atoms with Crippen LogP contribution in [0.1, 0.15) is 24.3 Å². The first-order valence-corrected chi connectivity index (χ1v) is 4.62. The number of hydrogen-bond acceptors (Lipinski definition) is 2. The van der Waals surface area contributed by atoms with Crippen molar-refractivity contribution < 1.29 is 4.79 Å². The second-order valence-electron chi connectivity index (χ2n) is 3.78. The minimum Gasteiger partial charge on any atom is -0.397 e. The molecule has 14 heavy (non-hydrogen) atoms. The van der Waals surface area contributed by atoms with Gasteiger partial charge in [-0.2, -0.15) is 0 Å². The summed E-state index contributed by atoms with van der Waals surface area (Å²) in [5.74, 6) is -0.000741. The Labute approximate surface area is 84.3 Å². The van der Waals surface area contributed by atoms with Crippen molar-refractivity contribution in [3.8, 4) is 0 Å². The van der Waals surface area contributed by atoms with Gasteiger partial charge in [-0.3, -0.25) is 4.79 Å². The summed E-state index contributed by atoms with van der Waals surface area (Å²) in [6, 6.07) is 1.89. The topological polar surface area (TPSA) is 51.3 Å². The number of hydrogen-bond donors (Lipinski definition) is 1. The molecule has 0 bridgehead atoms. The number of carbonyl (C=O) groups excluding carboxylic acids is 1. The predicted octanol–water partition coefficient (Wildman–Crippen LogP) is 1.09. The maximum absolute atomic E-state index is 11.9. The number of carbonyl (C=O) groups is 1. The molecule has 0 radical (unpaired) electrons. The molecular weight excluding hydrogens is 178 g/mol. The summed E-state index contributed by atoms with van der Waals surface area (Å²) in [7, 11) is 3.61. The Morgan fingerprint density at radius 3 is 2.50 bits per heavy atom. The molecule has 1 amide bonds. The highest BCUT2D eigenvalue weighted by molar-refractivity contribution is 5.93. The monoisotopic (exact) mass is 195 g/mol. The van der Waals surface area contributed by atoms with Crippen molar-refractivity contribution in [1.82, 2.24) is 9.47 Å². The minimum absolute atomic E-state index is 0.000741. The van der Waals surface area contributed by atoms with Crippen LogP contribution in [0.25, 0.3) is 0 Å². The number of nitrogens with zero attached hydrogens (tertiary/aromatic N) is 2. The van der Waals surface area contributed by atoms with E-state index in [1.807, 2.05) is 20.9 Å². The maximum atomic E-state index is 11.9. The lowest BCUT2D eigenvalue weighted by Crippen LogP contribution is -2.34. The van der Waals surface area contributed by atoms with Gasteiger partial charge in [0.1, 0.15) is 5.69 Å². The lowest BCUT2D eigenvalue weighted by Gasteiger charge is -2.21. The van der Waals surface area contributed by atoms with E-state index in [-0.39, 0.29) is 11.9 Å². The van der Waals surface area contributed by atoms with Crippen LogP contribution >= 0.6 is 0 Å². The lowest BCUT2D eigenvalue weighted by atomic mass is 10.3. The van der Waals surface area contributed by atoms with Crippen LogP contribution in [0.3, 0.4) is 0 Å². The molecule has 1 heterocycles. The summed E-state index contributed by atoms with van der Waals surface area (Å²) in [6.07, 6.45) is 1.74. The number of aryl methyl sites for hydroxylation is 1. The highest BCUT2D eigenvalue weighted by atomic mass is 16.2. The molecule has 78 valence electrons. The van der Waals surface area contributed by atoms with Crippen molar-refractivity contribution in [2.75, 3.05) is 12.8 Å². The molecule has 1 aromatic rings. The van der Waals surface area contributed by atoms with Crippen LogP contribution in [0, 0.1) is 0 Å². The van der Waals surface area contributed by atoms with Crippen molar-refractivity contribution in [1.29, 1.82) is 0 Å². The van der Waals surface area contributed by atoms with Crippen molar-refractivity contribution in [2.45, 2.75) is 19.9 Å². The van der Waals surface area contributed by atoms with E-state index in [4.69, 9.17) is 5.73 Å². The van der Waals surface area contributed by atoms with E-state index in [2.05, 4.69) is 0 Å². The molecule has 4 nitrogen and oxygen atoms in total. The van der Waals surface area contributed by atoms with Crippen molar-refractivity contribution in [3.05, 3.63) is 18.0 Å². The molecule has 0 aromatic carbocycles. The van der Waals surface area contributed by atoms with E-state index in [0.717, 1.165) is 0 Å². The summed E-state index contributed by atoms with van der Waals surface area (Å²) in [5.41, 5.74) is 6.84. The Hall–Kier alpha value is -1.45. The molecule has 0 aliphatic rings. The van der Waals surface area contributed by atoms with Gasteiger partial charge < -0.3 is 15.2 Å². The van der Waals surface area contributed by atoms with Gasteiger partial charge in [0, 0.05) is 26.3 Å². The molecule has 0 aliphatic carbocycles. The fraction of sp³-hybridized carbons (Fsp3) is 0.500. The first-order chi connectivity index (χ1) is 6.43. The Morgan fingerprint density at radius 2 is 2.14 bits per heavy atom. The number of nitrogen functional groups attached to an aromatic ring is 1. The normalized spacial score (nSPS) is 10.6. The predicted molar refractivity (Wildman–Crippen MR) is 57.1 cm³/mol. The molecule has 0 unspecified atom stereocenters. The first-order valence-electron chi connectivity index (χ1n) is 4.62. The van der Waals surface area contributed by atoms with Gasteiger partial charge in [0.15, 0.2) is 0 Å². The molecule has 0 saturated heterocycles. The molecule has 0 saturated carbocycles. The van der Waals surface area contributed by atoms with Gasteiger partial charge in [-0.25, -0.2) is 0 Å². The van der Waals surface area contributed by atoms with E-state index in [1.54, 1.807) is 28.8 Å². The molecular formula is C10H17N3O. The largest absolute Gasteiger partial charge is 0.397 e. The van der Waals surface area contributed by atoms with Crippen LogP contribution in [-0.4, -0.2) is 28.5 Å². The van der Waals surface area contributed by atoms with Gasteiger partial charge in [-0.05, 0) is 19.9 Å². The molecule has 0 fully saturated rings. The third kappa shape index (κ3) is 1.89. The van der Waals surface area contributed by atoms with E-state index in [1.165, 1.54) is 0 Å². The molecule has 0 spiro atoms. The van der Waals surface area contributed by atoms with Crippen LogP contribution in [0.2, 0.25) is 0 Å². The summed E-state index contributed by atoms with van der Waals surface area (Å²) in [5, 5.41) is 0. The fourth-order valence-corrected chi connectivity index (χ4v) is 1.22. The summed E-state index contributed by atoms with van der Waals surface area (Å²) in [4.78, 5) is 13.6. The lowest BCUT2D eigenvalue weighted by molar-refractivity contribution is 0.0745. The van der Waals surface area contributed by atoms with Gasteiger partial charge >= 0.3 is 0 Å². The summed E-state index contributed by atoms with van der Waals surface area (Å²) in [6.45, 7) is 3.95. The second kappa shape index (κ2) is 3.74. The Kier molecular flexibility index (Phi) is 2.84. The van der Waals surface area contributed by atoms with Crippen molar-refractivity contribution in [3.63, 3.8) is 0 Å². The Morgan fingerprint density at radius 1 is 1.57 bits per heavy atom. The second-order valence-corrected chi connectivity index (χ2v) is 3.78. The zero-order chi connectivity index (χ0) is 10.9. The molecule has 1 aromatic heterocycles. The van der Waals surface area contributed by atoms with Gasteiger partial charge in [0.2, 0.25) is 0 Å². The highest BCUT2D eigenvalue weighted by Gasteiger charge is 2.17. The summed E-state index contributed by atoms with van der Waals surface area (Å²) >= 11 is 0. The molecule has 0 aliphatic heterocycles. The Bertz CT molecular complexity index is 341. The zero-order valence-corrected chi connectivity index (χ0v) is 9.11. The number of aromatic nitrogens is 1. The van der Waals surface area contributed by atoms with Gasteiger partial charge in [0.25, 0.3) is 5.91 Å². The minimum atomic E-state index is -0.000741. The van der Waals surface area contributed by atoms with Crippen LogP contribution in [0.15, 0.2) is 12.3 Å². The zero-order valence-electron chi connectivity index (χ0n) is 9.11. The number of anilines is 1. The fourth-order valence-electron chi connectivity index (χ4n) is 1.22. The van der Waals surface area contributed by atoms with E-state index < -0.39 is 0 Å². The number of nitrogens with two attached hydrogens (primary N) is 1. The summed E-state index contributed by atoms with van der Waals surface area (Å²) < 4.78 is 1.75. The van der Waals surface area contributed by atoms with E-state index in [0.29, 0.717) is 11.4 Å². The van der Waals surface area contributed by atoms with Crippen molar-refractivity contribution in [2.24, 2.45) is 7.05 Å². The average molecular weight is 195 g/mol. The van der Waals surface area contributed by atoms with Gasteiger partial charge in [-0.15, -0.1) is 0 Å². The van der Waals surface area contributed by atoms with Crippen LogP contribution in [-0.2, 0) is 7.05 Å². The maximum Gasteiger partial charge on any atom is 0.270 e. The first kappa shape index (κ1) is 10.6. The van der Waals surface area contributed by atoms with E-state index in [9.17, 15) is 4.79 Å². The van der Waals surface area contributed by atoms with E-state index >= 15 is 0 Å². The quantitative estimate of drug-likeness (QED) is 0.768. The van der Waals surface area contributed by atoms with Crippen LogP contribution < -0.4 is 5.73 Å². The SMILES string of the molecule is CC(C)N(C)C(=O)c1cc(N)cn1C. The molecule has 1 rings (SSSR count). The average Bonchev–Trinajstić information content (AvgIpc) is 2.42. The highest BCUT2D eigenvalue weighted by Crippen LogP contribution is 2.11. The molecule has 0 atom stereocenters. The van der Waals surface area contributed by atoms with Crippen LogP contribution in [0.5, 0.6) is 0 Å². The van der Waals surface area contributed by atoms with Gasteiger partial charge in [0.05, 0.1) is 5.69 Å². The molecule has 4 heteroatoms. The van der Waals surface area contributed by atoms with Gasteiger partial charge in [-0.1, -0.05) is 0 Å². The van der Waals surface area contributed by atoms with Crippen molar-refractivity contribution >= 4 is 11.6 Å². The smallest absolute Gasteiger partial charge is 0.270 e. The third-order valence-electron chi connectivity index (χ3n) is 2.34. The third-order valence-corrected chi connectivity index (χ3v) is 2.34. The number of amides is 1. The Balaban J connectivity index is 2.95. The molecule has 2 N–H and O–H groups in total.